The van der Waals surface area contributed by atoms with Crippen LogP contribution in [0, 0.1) is 11.3 Å². The Morgan fingerprint density at radius 2 is 2.07 bits per heavy atom. The first-order chi connectivity index (χ1) is 13.2. The SMILES string of the molecule is N#Cc1ccc(Oc2ccc3c(c2)COB3O)c(OCc2ccccn2)c1. The number of ether oxygens (including phenoxy) is 2. The molecule has 0 saturated carbocycles. The van der Waals surface area contributed by atoms with Gasteiger partial charge < -0.3 is 19.2 Å². The molecule has 0 atom stereocenters. The fourth-order valence-electron chi connectivity index (χ4n) is 2.81. The highest BCUT2D eigenvalue weighted by atomic mass is 16.5. The Hall–Kier alpha value is -3.34. The predicted molar refractivity (Wildman–Crippen MR) is 98.6 cm³/mol. The van der Waals surface area contributed by atoms with E-state index >= 15 is 0 Å². The average molecular weight is 358 g/mol. The molecule has 132 valence electrons. The number of pyridine rings is 1. The quantitative estimate of drug-likeness (QED) is 0.706. The second-order valence-corrected chi connectivity index (χ2v) is 6.01. The van der Waals surface area contributed by atoms with Gasteiger partial charge >= 0.3 is 7.12 Å². The summed E-state index contributed by atoms with van der Waals surface area (Å²) in [6.07, 6.45) is 1.70. The van der Waals surface area contributed by atoms with Gasteiger partial charge in [0.1, 0.15) is 12.4 Å². The number of nitriles is 1. The van der Waals surface area contributed by atoms with Crippen molar-refractivity contribution in [1.82, 2.24) is 4.98 Å². The number of benzene rings is 2. The molecule has 0 fully saturated rings. The van der Waals surface area contributed by atoms with Crippen LogP contribution in [0.3, 0.4) is 0 Å². The van der Waals surface area contributed by atoms with Crippen molar-refractivity contribution in [1.29, 1.82) is 5.26 Å². The molecule has 1 N–H and O–H groups in total. The zero-order valence-electron chi connectivity index (χ0n) is 14.3. The Kier molecular flexibility index (Phi) is 4.75. The molecular weight excluding hydrogens is 343 g/mol. The van der Waals surface area contributed by atoms with E-state index in [1.165, 1.54) is 0 Å². The van der Waals surface area contributed by atoms with Gasteiger partial charge in [0.2, 0.25) is 0 Å². The van der Waals surface area contributed by atoms with Gasteiger partial charge in [-0.25, -0.2) is 0 Å². The van der Waals surface area contributed by atoms with E-state index in [-0.39, 0.29) is 6.61 Å². The summed E-state index contributed by atoms with van der Waals surface area (Å²) in [6, 6.07) is 18.1. The molecule has 6 nitrogen and oxygen atoms in total. The van der Waals surface area contributed by atoms with Gasteiger partial charge in [-0.15, -0.1) is 0 Å². The van der Waals surface area contributed by atoms with E-state index < -0.39 is 7.12 Å². The van der Waals surface area contributed by atoms with E-state index in [0.717, 1.165) is 16.7 Å². The maximum absolute atomic E-state index is 9.72. The highest BCUT2D eigenvalue weighted by Crippen LogP contribution is 2.33. The molecule has 4 rings (SSSR count). The van der Waals surface area contributed by atoms with Gasteiger partial charge in [-0.2, -0.15) is 5.26 Å². The molecule has 3 aromatic rings. The third kappa shape index (κ3) is 3.77. The molecule has 0 unspecified atom stereocenters. The van der Waals surface area contributed by atoms with E-state index in [2.05, 4.69) is 11.1 Å². The number of aromatic nitrogens is 1. The van der Waals surface area contributed by atoms with Crippen molar-refractivity contribution in [3.8, 4) is 23.3 Å². The van der Waals surface area contributed by atoms with Gasteiger partial charge in [-0.3, -0.25) is 4.98 Å². The molecular formula is C20H15BN2O4. The molecule has 2 heterocycles. The number of rotatable bonds is 5. The van der Waals surface area contributed by atoms with Crippen molar-refractivity contribution >= 4 is 12.6 Å². The van der Waals surface area contributed by atoms with Gasteiger partial charge in [0.05, 0.1) is 23.9 Å². The van der Waals surface area contributed by atoms with Gasteiger partial charge in [-0.05, 0) is 47.4 Å². The molecule has 0 aliphatic carbocycles. The number of fused-ring (bicyclic) bond motifs is 1. The van der Waals surface area contributed by atoms with Crippen molar-refractivity contribution < 1.29 is 19.2 Å². The Labute approximate surface area is 156 Å². The summed E-state index contributed by atoms with van der Waals surface area (Å²) in [4.78, 5) is 4.23. The minimum absolute atomic E-state index is 0.260. The lowest BCUT2D eigenvalue weighted by molar-refractivity contribution is 0.275. The number of nitrogens with zero attached hydrogens (tertiary/aromatic N) is 2. The predicted octanol–water partition coefficient (Wildman–Crippen LogP) is 2.54. The molecule has 1 aromatic heterocycles. The van der Waals surface area contributed by atoms with Gasteiger partial charge in [0.25, 0.3) is 0 Å². The second-order valence-electron chi connectivity index (χ2n) is 6.01. The summed E-state index contributed by atoms with van der Waals surface area (Å²) >= 11 is 0. The molecule has 1 aliphatic rings. The standard InChI is InChI=1S/C20H15BN2O4/c22-11-14-4-7-19(20(9-14)25-13-16-3-1-2-8-23-16)27-17-5-6-18-15(10-17)12-26-21(18)24/h1-10,24H,12-13H2. The van der Waals surface area contributed by atoms with Crippen LogP contribution in [0.4, 0.5) is 0 Å². The number of hydrogen-bond donors (Lipinski definition) is 1. The maximum atomic E-state index is 9.72. The Morgan fingerprint density at radius 3 is 2.89 bits per heavy atom. The van der Waals surface area contributed by atoms with E-state index in [0.29, 0.717) is 29.4 Å². The molecule has 1 aliphatic heterocycles. The molecule has 7 heteroatoms. The number of hydrogen-bond acceptors (Lipinski definition) is 6. The molecule has 2 aromatic carbocycles. The third-order valence-corrected chi connectivity index (χ3v) is 4.18. The summed E-state index contributed by atoms with van der Waals surface area (Å²) in [5.74, 6) is 1.54. The normalized spacial score (nSPS) is 12.4. The fourth-order valence-corrected chi connectivity index (χ4v) is 2.81. The van der Waals surface area contributed by atoms with Gasteiger partial charge in [0.15, 0.2) is 11.5 Å². The van der Waals surface area contributed by atoms with Crippen LogP contribution in [-0.2, 0) is 17.9 Å². The van der Waals surface area contributed by atoms with E-state index in [4.69, 9.17) is 19.4 Å². The molecule has 0 amide bonds. The van der Waals surface area contributed by atoms with Crippen molar-refractivity contribution in [2.24, 2.45) is 0 Å². The van der Waals surface area contributed by atoms with Crippen molar-refractivity contribution in [3.63, 3.8) is 0 Å². The summed E-state index contributed by atoms with van der Waals surface area (Å²) < 4.78 is 17.0. The van der Waals surface area contributed by atoms with Crippen LogP contribution in [0.15, 0.2) is 60.8 Å². The fraction of sp³-hybridized carbons (Fsp3) is 0.100. The van der Waals surface area contributed by atoms with Gasteiger partial charge in [-0.1, -0.05) is 12.1 Å². The van der Waals surface area contributed by atoms with Crippen LogP contribution in [0.2, 0.25) is 0 Å². The molecule has 27 heavy (non-hydrogen) atoms. The first-order valence-electron chi connectivity index (χ1n) is 8.40. The Morgan fingerprint density at radius 1 is 1.15 bits per heavy atom. The summed E-state index contributed by atoms with van der Waals surface area (Å²) in [5, 5.41) is 18.9. The summed E-state index contributed by atoms with van der Waals surface area (Å²) in [7, 11) is -0.888. The summed E-state index contributed by atoms with van der Waals surface area (Å²) in [5.41, 5.74) is 2.87. The first-order valence-corrected chi connectivity index (χ1v) is 8.40. The van der Waals surface area contributed by atoms with Crippen LogP contribution in [0.25, 0.3) is 0 Å². The smallest absolute Gasteiger partial charge is 0.483 e. The Balaban J connectivity index is 1.58. The topological polar surface area (TPSA) is 84.6 Å². The van der Waals surface area contributed by atoms with Crippen LogP contribution < -0.4 is 14.9 Å². The molecule has 0 bridgehead atoms. The van der Waals surface area contributed by atoms with E-state index in [1.54, 1.807) is 36.5 Å². The minimum Gasteiger partial charge on any atom is -0.483 e. The van der Waals surface area contributed by atoms with Gasteiger partial charge in [0, 0.05) is 12.3 Å². The zero-order valence-corrected chi connectivity index (χ0v) is 14.3. The van der Waals surface area contributed by atoms with Crippen molar-refractivity contribution in [2.75, 3.05) is 0 Å². The highest BCUT2D eigenvalue weighted by molar-refractivity contribution is 6.61. The largest absolute Gasteiger partial charge is 0.491 e. The Bertz CT molecular complexity index is 1000. The first kappa shape index (κ1) is 17.1. The molecule has 0 spiro atoms. The lowest BCUT2D eigenvalue weighted by Gasteiger charge is -2.13. The van der Waals surface area contributed by atoms with Crippen LogP contribution in [-0.4, -0.2) is 17.1 Å². The van der Waals surface area contributed by atoms with Crippen LogP contribution in [0.1, 0.15) is 16.8 Å². The van der Waals surface area contributed by atoms with E-state index in [1.807, 2.05) is 24.3 Å². The van der Waals surface area contributed by atoms with Crippen molar-refractivity contribution in [3.05, 3.63) is 77.6 Å². The maximum Gasteiger partial charge on any atom is 0.491 e. The van der Waals surface area contributed by atoms with E-state index in [9.17, 15) is 5.02 Å². The van der Waals surface area contributed by atoms with Crippen LogP contribution in [0.5, 0.6) is 17.2 Å². The van der Waals surface area contributed by atoms with Crippen molar-refractivity contribution in [2.45, 2.75) is 13.2 Å². The average Bonchev–Trinajstić information content (AvgIpc) is 3.08. The lowest BCUT2D eigenvalue weighted by atomic mass is 9.80. The third-order valence-electron chi connectivity index (χ3n) is 4.18. The highest BCUT2D eigenvalue weighted by Gasteiger charge is 2.27. The lowest BCUT2D eigenvalue weighted by Crippen LogP contribution is -2.27. The van der Waals surface area contributed by atoms with Crippen LogP contribution >= 0.6 is 0 Å². The second kappa shape index (κ2) is 7.50. The summed E-state index contributed by atoms with van der Waals surface area (Å²) in [6.45, 7) is 0.598. The molecule has 0 saturated heterocycles. The molecule has 0 radical (unpaired) electrons. The zero-order chi connectivity index (χ0) is 18.6. The minimum atomic E-state index is -0.888. The monoisotopic (exact) mass is 358 g/mol.